The maximum atomic E-state index is 3.71. The molecule has 1 atom stereocenters. The molecule has 1 N–H and O–H groups in total. The minimum Gasteiger partial charge on any atom is -0.312 e. The van der Waals surface area contributed by atoms with Crippen LogP contribution in [-0.2, 0) is 0 Å². The molecular weight excluding hydrogens is 226 g/mol. The number of hydrogen-bond acceptors (Lipinski definition) is 1. The molecule has 0 heterocycles. The molecule has 1 nitrogen and oxygen atoms in total. The van der Waals surface area contributed by atoms with Gasteiger partial charge in [0.25, 0.3) is 0 Å². The maximum Gasteiger partial charge on any atom is 0.00695 e. The molecule has 0 spiro atoms. The van der Waals surface area contributed by atoms with Crippen LogP contribution < -0.4 is 5.32 Å². The monoisotopic (exact) mass is 249 g/mol. The second kappa shape index (κ2) is 7.81. The summed E-state index contributed by atoms with van der Waals surface area (Å²) in [6, 6.07) is 1.54. The van der Waals surface area contributed by atoms with Crippen molar-refractivity contribution in [2.24, 2.45) is 0 Å². The van der Waals surface area contributed by atoms with Gasteiger partial charge in [0.1, 0.15) is 0 Å². The summed E-state index contributed by atoms with van der Waals surface area (Å²) in [6.45, 7) is 4.55. The Morgan fingerprint density at radius 2 is 1.69 bits per heavy atom. The third-order valence-electron chi connectivity index (χ3n) is 2.99. The van der Waals surface area contributed by atoms with E-state index < -0.39 is 0 Å². The lowest BCUT2D eigenvalue weighted by molar-refractivity contribution is 0.401. The lowest BCUT2D eigenvalue weighted by Crippen LogP contribution is -2.35. The molecule has 1 aliphatic rings. The Morgan fingerprint density at radius 3 is 2.15 bits per heavy atom. The predicted octanol–water partition coefficient (Wildman–Crippen LogP) is 3.68. The van der Waals surface area contributed by atoms with Crippen molar-refractivity contribution in [1.29, 1.82) is 0 Å². The lowest BCUT2D eigenvalue weighted by Gasteiger charge is -2.20. The summed E-state index contributed by atoms with van der Waals surface area (Å²) in [5, 5.41) is 3.71. The minimum absolute atomic E-state index is 0. The quantitative estimate of drug-likeness (QED) is 0.753. The highest BCUT2D eigenvalue weighted by molar-refractivity contribution is 8.93. The van der Waals surface area contributed by atoms with E-state index >= 15 is 0 Å². The zero-order valence-corrected chi connectivity index (χ0v) is 10.7. The minimum atomic E-state index is 0. The first kappa shape index (κ1) is 13.4. The number of hydrogen-bond donors (Lipinski definition) is 1. The van der Waals surface area contributed by atoms with Crippen molar-refractivity contribution in [2.75, 3.05) is 0 Å². The molecule has 0 aromatic carbocycles. The molecule has 0 saturated heterocycles. The van der Waals surface area contributed by atoms with Gasteiger partial charge in [0.05, 0.1) is 0 Å². The van der Waals surface area contributed by atoms with Gasteiger partial charge in [-0.25, -0.2) is 0 Å². The van der Waals surface area contributed by atoms with Crippen molar-refractivity contribution < 1.29 is 0 Å². The summed E-state index contributed by atoms with van der Waals surface area (Å²) < 4.78 is 0. The van der Waals surface area contributed by atoms with Crippen LogP contribution in [0.1, 0.15) is 58.8 Å². The Morgan fingerprint density at radius 1 is 1.15 bits per heavy atom. The molecule has 0 amide bonds. The molecule has 0 aromatic heterocycles. The van der Waals surface area contributed by atoms with Crippen LogP contribution in [0.3, 0.4) is 0 Å². The fraction of sp³-hybridized carbons (Fsp3) is 1.00. The first-order valence-corrected chi connectivity index (χ1v) is 5.59. The maximum absolute atomic E-state index is 3.71. The van der Waals surface area contributed by atoms with E-state index in [4.69, 9.17) is 0 Å². The van der Waals surface area contributed by atoms with Crippen LogP contribution in [0.5, 0.6) is 0 Å². The van der Waals surface area contributed by atoms with Gasteiger partial charge in [-0.05, 0) is 26.2 Å². The number of rotatable bonds is 3. The summed E-state index contributed by atoms with van der Waals surface area (Å²) in [5.41, 5.74) is 0. The topological polar surface area (TPSA) is 12.0 Å². The van der Waals surface area contributed by atoms with Gasteiger partial charge in [0.15, 0.2) is 0 Å². The molecule has 1 unspecified atom stereocenters. The van der Waals surface area contributed by atoms with Crippen molar-refractivity contribution in [3.63, 3.8) is 0 Å². The normalized spacial score (nSPS) is 21.7. The van der Waals surface area contributed by atoms with E-state index in [1.807, 2.05) is 0 Å². The molecule has 80 valence electrons. The van der Waals surface area contributed by atoms with Crippen LogP contribution in [0.4, 0.5) is 0 Å². The van der Waals surface area contributed by atoms with Crippen LogP contribution >= 0.6 is 17.0 Å². The van der Waals surface area contributed by atoms with Gasteiger partial charge < -0.3 is 5.32 Å². The SMILES string of the molecule is Br.CCC(C)NC1CCCCCC1. The lowest BCUT2D eigenvalue weighted by atomic mass is 10.1. The second-order valence-corrected chi connectivity index (χ2v) is 4.16. The summed E-state index contributed by atoms with van der Waals surface area (Å²) >= 11 is 0. The Bertz CT molecular complexity index is 109. The second-order valence-electron chi connectivity index (χ2n) is 4.16. The van der Waals surface area contributed by atoms with E-state index in [1.165, 1.54) is 44.9 Å². The third-order valence-corrected chi connectivity index (χ3v) is 2.99. The smallest absolute Gasteiger partial charge is 0.00695 e. The molecule has 0 bridgehead atoms. The van der Waals surface area contributed by atoms with Gasteiger partial charge in [-0.15, -0.1) is 17.0 Å². The molecule has 13 heavy (non-hydrogen) atoms. The zero-order chi connectivity index (χ0) is 8.81. The van der Waals surface area contributed by atoms with E-state index in [2.05, 4.69) is 19.2 Å². The molecule has 1 fully saturated rings. The standard InChI is InChI=1S/C11H23N.BrH/c1-3-10(2)12-11-8-6-4-5-7-9-11;/h10-12H,3-9H2,1-2H3;1H. The number of nitrogens with one attached hydrogen (secondary N) is 1. The molecule has 1 saturated carbocycles. The van der Waals surface area contributed by atoms with Gasteiger partial charge in [-0.2, -0.15) is 0 Å². The van der Waals surface area contributed by atoms with Gasteiger partial charge in [0, 0.05) is 12.1 Å². The van der Waals surface area contributed by atoms with Crippen LogP contribution in [-0.4, -0.2) is 12.1 Å². The fourth-order valence-corrected chi connectivity index (χ4v) is 1.97. The summed E-state index contributed by atoms with van der Waals surface area (Å²) in [6.07, 6.45) is 9.87. The molecule has 0 radical (unpaired) electrons. The summed E-state index contributed by atoms with van der Waals surface area (Å²) in [7, 11) is 0. The van der Waals surface area contributed by atoms with Crippen molar-refractivity contribution >= 4 is 17.0 Å². The zero-order valence-electron chi connectivity index (χ0n) is 9.01. The fourth-order valence-electron chi connectivity index (χ4n) is 1.97. The first-order valence-electron chi connectivity index (χ1n) is 5.59. The third kappa shape index (κ3) is 5.69. The van der Waals surface area contributed by atoms with Crippen molar-refractivity contribution in [2.45, 2.75) is 70.9 Å². The number of halogens is 1. The van der Waals surface area contributed by atoms with Gasteiger partial charge in [-0.1, -0.05) is 32.6 Å². The van der Waals surface area contributed by atoms with Crippen LogP contribution in [0, 0.1) is 0 Å². The average Bonchev–Trinajstić information content (AvgIpc) is 2.33. The van der Waals surface area contributed by atoms with Gasteiger partial charge >= 0.3 is 0 Å². The van der Waals surface area contributed by atoms with Gasteiger partial charge in [0.2, 0.25) is 0 Å². The Labute approximate surface area is 93.4 Å². The van der Waals surface area contributed by atoms with E-state index in [9.17, 15) is 0 Å². The van der Waals surface area contributed by atoms with Crippen LogP contribution in [0.25, 0.3) is 0 Å². The predicted molar refractivity (Wildman–Crippen MR) is 64.7 cm³/mol. The molecule has 1 aliphatic carbocycles. The van der Waals surface area contributed by atoms with E-state index in [0.29, 0.717) is 6.04 Å². The van der Waals surface area contributed by atoms with Gasteiger partial charge in [-0.3, -0.25) is 0 Å². The first-order chi connectivity index (χ1) is 5.83. The van der Waals surface area contributed by atoms with Crippen molar-refractivity contribution in [3.8, 4) is 0 Å². The van der Waals surface area contributed by atoms with E-state index in [1.54, 1.807) is 0 Å². The van der Waals surface area contributed by atoms with E-state index in [-0.39, 0.29) is 17.0 Å². The average molecular weight is 250 g/mol. The molecule has 0 aliphatic heterocycles. The molecule has 1 rings (SSSR count). The molecule has 2 heteroatoms. The Balaban J connectivity index is 0.00000144. The van der Waals surface area contributed by atoms with Crippen molar-refractivity contribution in [3.05, 3.63) is 0 Å². The van der Waals surface area contributed by atoms with Crippen LogP contribution in [0.2, 0.25) is 0 Å². The molecular formula is C11H24BrN. The highest BCUT2D eigenvalue weighted by atomic mass is 79.9. The summed E-state index contributed by atoms with van der Waals surface area (Å²) in [4.78, 5) is 0. The summed E-state index contributed by atoms with van der Waals surface area (Å²) in [5.74, 6) is 0. The van der Waals surface area contributed by atoms with Crippen LogP contribution in [0.15, 0.2) is 0 Å². The Hall–Kier alpha value is 0.440. The largest absolute Gasteiger partial charge is 0.312 e. The van der Waals surface area contributed by atoms with E-state index in [0.717, 1.165) is 6.04 Å². The highest BCUT2D eigenvalue weighted by Crippen LogP contribution is 2.17. The highest BCUT2D eigenvalue weighted by Gasteiger charge is 2.12. The molecule has 0 aromatic rings. The Kier molecular flexibility index (Phi) is 8.07. The van der Waals surface area contributed by atoms with Crippen molar-refractivity contribution in [1.82, 2.24) is 5.32 Å².